The van der Waals surface area contributed by atoms with Crippen LogP contribution in [0.3, 0.4) is 0 Å². The zero-order valence-corrected chi connectivity index (χ0v) is 13.8. The number of carbonyl (C=O) groups excluding carboxylic acids is 1. The van der Waals surface area contributed by atoms with Crippen LogP contribution in [0.4, 0.5) is 10.1 Å². The third-order valence-electron chi connectivity index (χ3n) is 2.99. The van der Waals surface area contributed by atoms with Gasteiger partial charge in [-0.05, 0) is 48.9 Å². The van der Waals surface area contributed by atoms with Gasteiger partial charge in [0.15, 0.2) is 0 Å². The number of carbonyl (C=O) groups is 1. The molecule has 5 heteroatoms. The number of benzene rings is 2. The van der Waals surface area contributed by atoms with Gasteiger partial charge in [0.05, 0.1) is 12.8 Å². The first-order valence-electron chi connectivity index (χ1n) is 6.58. The smallest absolute Gasteiger partial charge is 0.248 e. The van der Waals surface area contributed by atoms with Crippen molar-refractivity contribution in [2.45, 2.75) is 6.92 Å². The summed E-state index contributed by atoms with van der Waals surface area (Å²) < 4.78 is 19.5. The number of halogens is 2. The molecule has 1 amide bonds. The Morgan fingerprint density at radius 1 is 1.27 bits per heavy atom. The van der Waals surface area contributed by atoms with E-state index in [1.807, 2.05) is 19.1 Å². The van der Waals surface area contributed by atoms with Gasteiger partial charge < -0.3 is 10.1 Å². The first kappa shape index (κ1) is 16.2. The van der Waals surface area contributed by atoms with E-state index in [-0.39, 0.29) is 11.7 Å². The fraction of sp³-hybridized carbons (Fsp3) is 0.118. The Morgan fingerprint density at radius 3 is 2.77 bits per heavy atom. The van der Waals surface area contributed by atoms with Gasteiger partial charge in [0.2, 0.25) is 5.91 Å². The molecule has 0 heterocycles. The molecular formula is C17H15BrFNO2. The van der Waals surface area contributed by atoms with Gasteiger partial charge in [-0.2, -0.15) is 0 Å². The van der Waals surface area contributed by atoms with Crippen LogP contribution in [0.1, 0.15) is 11.1 Å². The van der Waals surface area contributed by atoms with E-state index in [2.05, 4.69) is 21.2 Å². The molecule has 1 N–H and O–H groups in total. The Labute approximate surface area is 136 Å². The van der Waals surface area contributed by atoms with E-state index in [9.17, 15) is 9.18 Å². The molecule has 3 nitrogen and oxygen atoms in total. The summed E-state index contributed by atoms with van der Waals surface area (Å²) in [6.07, 6.45) is 2.71. The number of anilines is 1. The Hall–Kier alpha value is -2.14. The number of methoxy groups -OCH3 is 1. The number of hydrogen-bond acceptors (Lipinski definition) is 2. The molecule has 0 atom stereocenters. The van der Waals surface area contributed by atoms with Gasteiger partial charge >= 0.3 is 0 Å². The monoisotopic (exact) mass is 363 g/mol. The van der Waals surface area contributed by atoms with E-state index in [1.165, 1.54) is 25.3 Å². The quantitative estimate of drug-likeness (QED) is 0.808. The van der Waals surface area contributed by atoms with E-state index in [0.717, 1.165) is 10.0 Å². The second-order valence-corrected chi connectivity index (χ2v) is 5.61. The second-order valence-electron chi connectivity index (χ2n) is 4.69. The highest BCUT2D eigenvalue weighted by atomic mass is 79.9. The van der Waals surface area contributed by atoms with Gasteiger partial charge in [0.25, 0.3) is 0 Å². The van der Waals surface area contributed by atoms with Crippen molar-refractivity contribution in [3.8, 4) is 5.75 Å². The average Bonchev–Trinajstić information content (AvgIpc) is 2.48. The predicted octanol–water partition coefficient (Wildman–Crippen LogP) is 4.56. The fourth-order valence-corrected chi connectivity index (χ4v) is 2.28. The van der Waals surface area contributed by atoms with Crippen LogP contribution in [0.15, 0.2) is 46.9 Å². The van der Waals surface area contributed by atoms with E-state index in [0.29, 0.717) is 17.0 Å². The molecule has 0 bridgehead atoms. The molecule has 0 aromatic heterocycles. The largest absolute Gasteiger partial charge is 0.495 e. The lowest BCUT2D eigenvalue weighted by Crippen LogP contribution is -2.09. The molecule has 0 aliphatic carbocycles. The van der Waals surface area contributed by atoms with Crippen molar-refractivity contribution in [2.75, 3.05) is 12.4 Å². The van der Waals surface area contributed by atoms with Crippen molar-refractivity contribution in [2.24, 2.45) is 0 Å². The highest BCUT2D eigenvalue weighted by Gasteiger charge is 2.06. The summed E-state index contributed by atoms with van der Waals surface area (Å²) in [6.45, 7) is 1.92. The Balaban J connectivity index is 2.15. The van der Waals surface area contributed by atoms with Crippen LogP contribution >= 0.6 is 15.9 Å². The molecule has 0 fully saturated rings. The van der Waals surface area contributed by atoms with Crippen LogP contribution in [0.25, 0.3) is 6.08 Å². The Kier molecular flexibility index (Phi) is 5.33. The number of hydrogen-bond donors (Lipinski definition) is 1. The van der Waals surface area contributed by atoms with Crippen molar-refractivity contribution in [3.05, 3.63) is 63.9 Å². The second kappa shape index (κ2) is 7.22. The molecule has 2 rings (SSSR count). The molecule has 0 unspecified atom stereocenters. The Bertz CT molecular complexity index is 729. The molecular weight excluding hydrogens is 349 g/mol. The highest BCUT2D eigenvalue weighted by Crippen LogP contribution is 2.25. The topological polar surface area (TPSA) is 38.3 Å². The zero-order chi connectivity index (χ0) is 16.1. The summed E-state index contributed by atoms with van der Waals surface area (Å²) in [4.78, 5) is 12.0. The number of rotatable bonds is 4. The van der Waals surface area contributed by atoms with Crippen LogP contribution in [0, 0.1) is 12.7 Å². The van der Waals surface area contributed by atoms with E-state index >= 15 is 0 Å². The molecule has 22 heavy (non-hydrogen) atoms. The summed E-state index contributed by atoms with van der Waals surface area (Å²) in [5, 5.41) is 2.72. The van der Waals surface area contributed by atoms with Gasteiger partial charge in [-0.1, -0.05) is 22.0 Å². The molecule has 2 aromatic carbocycles. The lowest BCUT2D eigenvalue weighted by molar-refractivity contribution is -0.111. The molecule has 0 aliphatic heterocycles. The molecule has 0 saturated heterocycles. The summed E-state index contributed by atoms with van der Waals surface area (Å²) in [5.41, 5.74) is 1.91. The lowest BCUT2D eigenvalue weighted by atomic mass is 10.2. The van der Waals surface area contributed by atoms with Gasteiger partial charge in [-0.15, -0.1) is 0 Å². The van der Waals surface area contributed by atoms with E-state index in [1.54, 1.807) is 18.2 Å². The van der Waals surface area contributed by atoms with Gasteiger partial charge in [0.1, 0.15) is 11.6 Å². The number of nitrogens with one attached hydrogen (secondary N) is 1. The zero-order valence-electron chi connectivity index (χ0n) is 12.2. The average molecular weight is 364 g/mol. The lowest BCUT2D eigenvalue weighted by Gasteiger charge is -2.09. The van der Waals surface area contributed by atoms with Crippen LogP contribution in [-0.4, -0.2) is 13.0 Å². The van der Waals surface area contributed by atoms with Crippen molar-refractivity contribution in [1.82, 2.24) is 0 Å². The molecule has 2 aromatic rings. The molecule has 114 valence electrons. The SMILES string of the molecule is COc1ccc(C)cc1NC(=O)C=Cc1cc(Br)ccc1F. The summed E-state index contributed by atoms with van der Waals surface area (Å²) in [7, 11) is 1.53. The predicted molar refractivity (Wildman–Crippen MR) is 89.5 cm³/mol. The minimum atomic E-state index is -0.389. The maximum absolute atomic E-state index is 13.6. The number of ether oxygens (including phenoxy) is 1. The van der Waals surface area contributed by atoms with Crippen LogP contribution < -0.4 is 10.1 Å². The summed E-state index contributed by atoms with van der Waals surface area (Å²) >= 11 is 3.27. The minimum absolute atomic E-state index is 0.334. The number of aryl methyl sites for hydroxylation is 1. The van der Waals surface area contributed by atoms with Crippen molar-refractivity contribution >= 4 is 33.6 Å². The van der Waals surface area contributed by atoms with Gasteiger partial charge in [0, 0.05) is 16.1 Å². The Morgan fingerprint density at radius 2 is 2.05 bits per heavy atom. The highest BCUT2D eigenvalue weighted by molar-refractivity contribution is 9.10. The molecule has 0 saturated carbocycles. The first-order valence-corrected chi connectivity index (χ1v) is 7.37. The van der Waals surface area contributed by atoms with Crippen molar-refractivity contribution < 1.29 is 13.9 Å². The van der Waals surface area contributed by atoms with Gasteiger partial charge in [-0.25, -0.2) is 4.39 Å². The number of amides is 1. The first-order chi connectivity index (χ1) is 10.5. The van der Waals surface area contributed by atoms with Crippen molar-refractivity contribution in [1.29, 1.82) is 0 Å². The van der Waals surface area contributed by atoms with E-state index < -0.39 is 0 Å². The molecule has 0 radical (unpaired) electrons. The van der Waals surface area contributed by atoms with Gasteiger partial charge in [-0.3, -0.25) is 4.79 Å². The van der Waals surface area contributed by atoms with E-state index in [4.69, 9.17) is 4.74 Å². The molecule has 0 spiro atoms. The summed E-state index contributed by atoms with van der Waals surface area (Å²) in [5.74, 6) is -0.176. The summed E-state index contributed by atoms with van der Waals surface area (Å²) in [6, 6.07) is 10.0. The maximum Gasteiger partial charge on any atom is 0.248 e. The van der Waals surface area contributed by atoms with Crippen LogP contribution in [-0.2, 0) is 4.79 Å². The minimum Gasteiger partial charge on any atom is -0.495 e. The third kappa shape index (κ3) is 4.18. The van der Waals surface area contributed by atoms with Crippen LogP contribution in [0.2, 0.25) is 0 Å². The molecule has 0 aliphatic rings. The fourth-order valence-electron chi connectivity index (χ4n) is 1.90. The van der Waals surface area contributed by atoms with Crippen molar-refractivity contribution in [3.63, 3.8) is 0 Å². The normalized spacial score (nSPS) is 10.7. The third-order valence-corrected chi connectivity index (χ3v) is 3.48. The standard InChI is InChI=1S/C17H15BrFNO2/c1-11-3-7-16(22-2)15(9-11)20-17(21)8-4-12-10-13(18)5-6-14(12)19/h3-10H,1-2H3,(H,20,21). The maximum atomic E-state index is 13.6. The van der Waals surface area contributed by atoms with Crippen LogP contribution in [0.5, 0.6) is 5.75 Å².